The summed E-state index contributed by atoms with van der Waals surface area (Å²) in [4.78, 5) is 16.1. The summed E-state index contributed by atoms with van der Waals surface area (Å²) in [6.45, 7) is 0. The Morgan fingerprint density at radius 3 is 2.75 bits per heavy atom. The molecule has 0 aliphatic heterocycles. The summed E-state index contributed by atoms with van der Waals surface area (Å²) in [6.07, 6.45) is 0. The van der Waals surface area contributed by atoms with Crippen LogP contribution >= 0.6 is 22.9 Å². The smallest absolute Gasteiger partial charge is 0.356 e. The number of pyridine rings is 1. The molecule has 0 unspecified atom stereocenters. The number of carboxylic acid groups (broad SMARTS) is 1. The molecular weight excluding hydrogens is 296 g/mol. The minimum atomic E-state index is -1.19. The lowest BCUT2D eigenvalue weighted by Gasteiger charge is -2.05. The van der Waals surface area contributed by atoms with Crippen LogP contribution in [0.1, 0.15) is 10.5 Å². The molecule has 6 heteroatoms. The second kappa shape index (κ2) is 4.77. The first-order valence-electron chi connectivity index (χ1n) is 5.74. The lowest BCUT2D eigenvalue weighted by Crippen LogP contribution is -2.04. The molecule has 2 heterocycles. The highest BCUT2D eigenvalue weighted by molar-refractivity contribution is 7.22. The topological polar surface area (TPSA) is 76.2 Å². The number of carbonyl (C=O) groups is 1. The summed E-state index contributed by atoms with van der Waals surface area (Å²) in [5.41, 5.74) is 6.27. The van der Waals surface area contributed by atoms with Crippen molar-refractivity contribution in [1.82, 2.24) is 4.98 Å². The van der Waals surface area contributed by atoms with E-state index in [1.54, 1.807) is 6.07 Å². The zero-order chi connectivity index (χ0) is 14.3. The Kier molecular flexibility index (Phi) is 3.08. The monoisotopic (exact) mass is 304 g/mol. The first-order chi connectivity index (χ1) is 9.56. The van der Waals surface area contributed by atoms with Crippen LogP contribution in [-0.4, -0.2) is 16.1 Å². The van der Waals surface area contributed by atoms with Crippen molar-refractivity contribution < 1.29 is 9.90 Å². The molecular formula is C14H9ClN2O2S. The minimum Gasteiger partial charge on any atom is -0.476 e. The Morgan fingerprint density at radius 2 is 2.05 bits per heavy atom. The Morgan fingerprint density at radius 1 is 1.30 bits per heavy atom. The second-order valence-electron chi connectivity index (χ2n) is 4.21. The van der Waals surface area contributed by atoms with Gasteiger partial charge >= 0.3 is 5.97 Å². The van der Waals surface area contributed by atoms with Crippen LogP contribution in [0, 0.1) is 0 Å². The van der Waals surface area contributed by atoms with E-state index in [9.17, 15) is 4.79 Å². The Balaban J connectivity index is 2.21. The molecule has 4 nitrogen and oxygen atoms in total. The van der Waals surface area contributed by atoms with Crippen LogP contribution in [0.2, 0.25) is 5.02 Å². The van der Waals surface area contributed by atoms with E-state index >= 15 is 0 Å². The van der Waals surface area contributed by atoms with Crippen LogP contribution in [-0.2, 0) is 0 Å². The molecule has 0 aliphatic rings. The van der Waals surface area contributed by atoms with Crippen molar-refractivity contribution in [3.05, 3.63) is 47.1 Å². The Labute approximate surface area is 123 Å². The number of nitrogen functional groups attached to an aromatic ring is 1. The summed E-state index contributed by atoms with van der Waals surface area (Å²) < 4.78 is 1.11. The van der Waals surface area contributed by atoms with Gasteiger partial charge in [-0.3, -0.25) is 0 Å². The number of halogens is 1. The summed E-state index contributed by atoms with van der Waals surface area (Å²) in [5.74, 6) is -1.19. The van der Waals surface area contributed by atoms with Gasteiger partial charge in [0.05, 0.1) is 21.3 Å². The van der Waals surface area contributed by atoms with Gasteiger partial charge in [0.1, 0.15) is 0 Å². The van der Waals surface area contributed by atoms with Crippen LogP contribution in [0.25, 0.3) is 20.7 Å². The third kappa shape index (κ3) is 2.11. The Hall–Kier alpha value is -2.11. The van der Waals surface area contributed by atoms with Gasteiger partial charge in [0, 0.05) is 4.70 Å². The first-order valence-corrected chi connectivity index (χ1v) is 6.94. The van der Waals surface area contributed by atoms with E-state index in [1.807, 2.05) is 30.3 Å². The van der Waals surface area contributed by atoms with Crippen molar-refractivity contribution in [3.8, 4) is 10.6 Å². The van der Waals surface area contributed by atoms with Gasteiger partial charge in [-0.15, -0.1) is 11.3 Å². The molecule has 0 atom stereocenters. The molecule has 0 radical (unpaired) electrons. The van der Waals surface area contributed by atoms with Crippen LogP contribution in [0.3, 0.4) is 0 Å². The molecule has 0 spiro atoms. The number of hydrogen-bond acceptors (Lipinski definition) is 4. The molecule has 0 amide bonds. The largest absolute Gasteiger partial charge is 0.476 e. The fourth-order valence-corrected chi connectivity index (χ4v) is 3.13. The molecule has 0 saturated carbocycles. The summed E-state index contributed by atoms with van der Waals surface area (Å²) in [7, 11) is 0. The van der Waals surface area contributed by atoms with E-state index in [-0.39, 0.29) is 16.4 Å². The number of benzene rings is 1. The average Bonchev–Trinajstić information content (AvgIpc) is 2.85. The molecule has 0 bridgehead atoms. The van der Waals surface area contributed by atoms with Crippen molar-refractivity contribution >= 4 is 44.7 Å². The van der Waals surface area contributed by atoms with Crippen molar-refractivity contribution in [2.24, 2.45) is 0 Å². The maximum absolute atomic E-state index is 11.1. The third-order valence-corrected chi connectivity index (χ3v) is 4.40. The summed E-state index contributed by atoms with van der Waals surface area (Å²) in [6, 6.07) is 11.5. The number of nitrogens with two attached hydrogens (primary N) is 1. The highest BCUT2D eigenvalue weighted by Crippen LogP contribution is 2.35. The number of nitrogens with zero attached hydrogens (tertiary/aromatic N) is 1. The molecule has 2 aromatic heterocycles. The van der Waals surface area contributed by atoms with Crippen LogP contribution in [0.4, 0.5) is 5.69 Å². The standard InChI is InChI=1S/C14H9ClN2O2S/c15-12-8(16)6-9(17-13(12)14(18)19)11-5-7-3-1-2-4-10(7)20-11/h1-6H,(H2,16,17)(H,18,19). The van der Waals surface area contributed by atoms with Gasteiger partial charge in [0.15, 0.2) is 5.69 Å². The fraction of sp³-hybridized carbons (Fsp3) is 0. The highest BCUT2D eigenvalue weighted by atomic mass is 35.5. The van der Waals surface area contributed by atoms with E-state index in [0.29, 0.717) is 5.69 Å². The third-order valence-electron chi connectivity index (χ3n) is 2.87. The minimum absolute atomic E-state index is 0.0256. The van der Waals surface area contributed by atoms with Gasteiger partial charge in [0.25, 0.3) is 0 Å². The predicted molar refractivity (Wildman–Crippen MR) is 81.4 cm³/mol. The summed E-state index contributed by atoms with van der Waals surface area (Å²) in [5, 5.41) is 10.2. The van der Waals surface area contributed by atoms with E-state index in [4.69, 9.17) is 22.4 Å². The van der Waals surface area contributed by atoms with Gasteiger partial charge in [-0.25, -0.2) is 9.78 Å². The van der Waals surface area contributed by atoms with E-state index in [2.05, 4.69) is 4.98 Å². The van der Waals surface area contributed by atoms with E-state index in [1.165, 1.54) is 11.3 Å². The molecule has 3 aromatic rings. The van der Waals surface area contributed by atoms with Crippen LogP contribution < -0.4 is 5.73 Å². The van der Waals surface area contributed by atoms with Gasteiger partial charge in [-0.1, -0.05) is 29.8 Å². The van der Waals surface area contributed by atoms with Gasteiger partial charge in [0.2, 0.25) is 0 Å². The van der Waals surface area contributed by atoms with Crippen LogP contribution in [0.15, 0.2) is 36.4 Å². The molecule has 0 aliphatic carbocycles. The van der Waals surface area contributed by atoms with Gasteiger partial charge < -0.3 is 10.8 Å². The summed E-state index contributed by atoms with van der Waals surface area (Å²) >= 11 is 7.39. The molecule has 20 heavy (non-hydrogen) atoms. The molecule has 0 saturated heterocycles. The predicted octanol–water partition coefficient (Wildman–Crippen LogP) is 3.90. The molecule has 3 N–H and O–H groups in total. The van der Waals surface area contributed by atoms with Crippen LogP contribution in [0.5, 0.6) is 0 Å². The lowest BCUT2D eigenvalue weighted by atomic mass is 10.2. The number of aromatic nitrogens is 1. The van der Waals surface area contributed by atoms with Crippen molar-refractivity contribution in [3.63, 3.8) is 0 Å². The molecule has 3 rings (SSSR count). The van der Waals surface area contributed by atoms with Crippen molar-refractivity contribution in [1.29, 1.82) is 0 Å². The number of anilines is 1. The maximum atomic E-state index is 11.1. The van der Waals surface area contributed by atoms with E-state index < -0.39 is 5.97 Å². The number of aromatic carboxylic acids is 1. The highest BCUT2D eigenvalue weighted by Gasteiger charge is 2.17. The number of thiophene rings is 1. The SMILES string of the molecule is Nc1cc(-c2cc3ccccc3s2)nc(C(=O)O)c1Cl. The maximum Gasteiger partial charge on any atom is 0.356 e. The molecule has 1 aromatic carbocycles. The first kappa shape index (κ1) is 12.9. The average molecular weight is 305 g/mol. The molecule has 0 fully saturated rings. The number of fused-ring (bicyclic) bond motifs is 1. The normalized spacial score (nSPS) is 10.8. The van der Waals surface area contributed by atoms with Crippen molar-refractivity contribution in [2.75, 3.05) is 5.73 Å². The Bertz CT molecular complexity index is 796. The second-order valence-corrected chi connectivity index (χ2v) is 5.67. The zero-order valence-corrected chi connectivity index (χ0v) is 11.7. The van der Waals surface area contributed by atoms with Gasteiger partial charge in [-0.2, -0.15) is 0 Å². The number of rotatable bonds is 2. The number of carboxylic acids is 1. The lowest BCUT2D eigenvalue weighted by molar-refractivity contribution is 0.0691. The quantitative estimate of drug-likeness (QED) is 0.753. The van der Waals surface area contributed by atoms with Crippen molar-refractivity contribution in [2.45, 2.75) is 0 Å². The van der Waals surface area contributed by atoms with E-state index in [0.717, 1.165) is 15.0 Å². The molecule has 100 valence electrons. The zero-order valence-electron chi connectivity index (χ0n) is 10.1. The van der Waals surface area contributed by atoms with Gasteiger partial charge in [-0.05, 0) is 23.6 Å². The fourth-order valence-electron chi connectivity index (χ4n) is 1.93. The number of hydrogen-bond donors (Lipinski definition) is 2.